The van der Waals surface area contributed by atoms with Crippen LogP contribution in [0, 0.1) is 35.5 Å². The summed E-state index contributed by atoms with van der Waals surface area (Å²) in [7, 11) is 0. The fourth-order valence-corrected chi connectivity index (χ4v) is 8.77. The highest BCUT2D eigenvalue weighted by Crippen LogP contribution is 2.59. The Morgan fingerprint density at radius 1 is 0.580 bits per heavy atom. The number of carbonyl (C=O) groups excluding carboxylic acids is 4. The SMILES string of the molecule is CCC(C)(CC)c1ccc(-c2ccc(N3C(=O)C4C5C=CC(C4C3=O)C3C(=O)N(C(C)(CC)CC)C(=O)C53)cc2C(F)(F)F)c(C(F)(F)F)c1. The zero-order chi connectivity index (χ0) is 36.9. The molecule has 0 N–H and O–H groups in total. The average Bonchev–Trinajstić information content (AvgIpc) is 3.53. The fraction of sp³-hybridized carbons (Fsp3) is 0.526. The predicted octanol–water partition coefficient (Wildman–Crippen LogP) is 8.57. The molecule has 1 saturated carbocycles. The van der Waals surface area contributed by atoms with Gasteiger partial charge in [0.1, 0.15) is 0 Å². The summed E-state index contributed by atoms with van der Waals surface area (Å²) in [5.74, 6) is -7.99. The van der Waals surface area contributed by atoms with Gasteiger partial charge >= 0.3 is 12.4 Å². The fourth-order valence-electron chi connectivity index (χ4n) is 8.77. The summed E-state index contributed by atoms with van der Waals surface area (Å²) in [6, 6.07) is 5.83. The summed E-state index contributed by atoms with van der Waals surface area (Å²) in [6.07, 6.45) is -4.77. The van der Waals surface area contributed by atoms with Crippen LogP contribution in [-0.2, 0) is 36.9 Å². The van der Waals surface area contributed by atoms with Gasteiger partial charge in [0.05, 0.1) is 40.5 Å². The van der Waals surface area contributed by atoms with Crippen LogP contribution in [-0.4, -0.2) is 34.1 Å². The Kier molecular flexibility index (Phi) is 8.46. The molecule has 0 spiro atoms. The second-order valence-corrected chi connectivity index (χ2v) is 14.6. The van der Waals surface area contributed by atoms with E-state index in [2.05, 4.69) is 0 Å². The summed E-state index contributed by atoms with van der Waals surface area (Å²) >= 11 is 0. The van der Waals surface area contributed by atoms with Gasteiger partial charge in [-0.1, -0.05) is 65.0 Å². The lowest BCUT2D eigenvalue weighted by Gasteiger charge is -2.44. The number of rotatable bonds is 8. The van der Waals surface area contributed by atoms with E-state index in [4.69, 9.17) is 0 Å². The van der Waals surface area contributed by atoms with E-state index >= 15 is 0 Å². The molecular weight excluding hydrogens is 662 g/mol. The molecule has 6 unspecified atom stereocenters. The standard InChI is InChI=1S/C38H40F6N2O4/c1-7-35(5,8-2)19-11-13-21(25(17-19)37(39,40)41)22-14-12-20(18-26(22)38(42,43)44)45-31(47)27-23-15-16-24(28(27)32(45)48)30-29(23)33(49)46(34(30)50)36(6,9-3)10-4/h11-18,23-24,27-30H,7-10H2,1-6H3. The number of likely N-dealkylation sites (tertiary alicyclic amines) is 1. The maximum absolute atomic E-state index is 14.7. The van der Waals surface area contributed by atoms with Crippen molar-refractivity contribution in [2.75, 3.05) is 4.90 Å². The van der Waals surface area contributed by atoms with Crippen LogP contribution in [0.2, 0.25) is 0 Å². The number of amides is 4. The van der Waals surface area contributed by atoms with E-state index in [0.29, 0.717) is 42.2 Å². The van der Waals surface area contributed by atoms with E-state index in [9.17, 15) is 45.5 Å². The monoisotopic (exact) mass is 702 g/mol. The Balaban J connectivity index is 1.41. The second-order valence-electron chi connectivity index (χ2n) is 14.6. The van der Waals surface area contributed by atoms with Gasteiger partial charge in [-0.2, -0.15) is 26.3 Å². The number of hydrogen-bond donors (Lipinski definition) is 0. The van der Waals surface area contributed by atoms with Gasteiger partial charge in [0.15, 0.2) is 0 Å². The van der Waals surface area contributed by atoms with E-state index in [1.165, 1.54) is 11.0 Å². The minimum atomic E-state index is -5.15. The minimum Gasteiger partial charge on any atom is -0.276 e. The number of nitrogens with zero attached hydrogens (tertiary/aromatic N) is 2. The maximum Gasteiger partial charge on any atom is 0.417 e. The molecule has 2 saturated heterocycles. The van der Waals surface area contributed by atoms with Crippen LogP contribution < -0.4 is 4.90 Å². The first kappa shape index (κ1) is 35.9. The van der Waals surface area contributed by atoms with Crippen LogP contribution in [0.25, 0.3) is 11.1 Å². The number of carbonyl (C=O) groups is 4. The first-order chi connectivity index (χ1) is 23.3. The molecule has 3 fully saturated rings. The van der Waals surface area contributed by atoms with Crippen LogP contribution in [0.3, 0.4) is 0 Å². The lowest BCUT2D eigenvalue weighted by Crippen LogP contribution is -2.50. The Hall–Kier alpha value is -3.96. The topological polar surface area (TPSA) is 74.8 Å². The van der Waals surface area contributed by atoms with Gasteiger partial charge < -0.3 is 0 Å². The third-order valence-corrected chi connectivity index (χ3v) is 12.5. The first-order valence-electron chi connectivity index (χ1n) is 17.2. The van der Waals surface area contributed by atoms with Crippen molar-refractivity contribution < 1.29 is 45.5 Å². The van der Waals surface area contributed by atoms with Crippen molar-refractivity contribution in [3.8, 4) is 11.1 Å². The van der Waals surface area contributed by atoms with E-state index in [0.717, 1.165) is 24.3 Å². The van der Waals surface area contributed by atoms with Crippen molar-refractivity contribution in [1.29, 1.82) is 0 Å². The smallest absolute Gasteiger partial charge is 0.276 e. The number of allylic oxidation sites excluding steroid dienone is 2. The van der Waals surface area contributed by atoms with E-state index < -0.39 is 110 Å². The highest BCUT2D eigenvalue weighted by molar-refractivity contribution is 6.23. The van der Waals surface area contributed by atoms with Crippen LogP contribution in [0.1, 0.15) is 83.9 Å². The van der Waals surface area contributed by atoms with Crippen molar-refractivity contribution in [2.24, 2.45) is 35.5 Å². The zero-order valence-corrected chi connectivity index (χ0v) is 28.7. The molecule has 5 aliphatic rings. The van der Waals surface area contributed by atoms with Crippen molar-refractivity contribution >= 4 is 29.3 Å². The van der Waals surface area contributed by atoms with Crippen molar-refractivity contribution in [3.63, 3.8) is 0 Å². The molecule has 2 aliphatic heterocycles. The Bertz CT molecular complexity index is 1750. The predicted molar refractivity (Wildman–Crippen MR) is 173 cm³/mol. The number of benzene rings is 2. The molecule has 2 aromatic rings. The Morgan fingerprint density at radius 2 is 1.00 bits per heavy atom. The largest absolute Gasteiger partial charge is 0.417 e. The molecule has 268 valence electrons. The number of halogens is 6. The maximum atomic E-state index is 14.7. The second kappa shape index (κ2) is 11.8. The molecule has 3 aliphatic carbocycles. The summed E-state index contributed by atoms with van der Waals surface area (Å²) < 4.78 is 87.5. The lowest BCUT2D eigenvalue weighted by molar-refractivity contribution is -0.147. The van der Waals surface area contributed by atoms with Gasteiger partial charge in [-0.05, 0) is 72.9 Å². The lowest BCUT2D eigenvalue weighted by atomic mass is 9.54. The number of alkyl halides is 6. The molecule has 4 amide bonds. The molecule has 2 heterocycles. The number of hydrogen-bond acceptors (Lipinski definition) is 4. The normalized spacial score (nSPS) is 26.7. The molecule has 7 rings (SSSR count). The third kappa shape index (κ3) is 5.05. The quantitative estimate of drug-likeness (QED) is 0.157. The molecule has 6 atom stereocenters. The van der Waals surface area contributed by atoms with Gasteiger partial charge in [0.25, 0.3) is 0 Å². The first-order valence-corrected chi connectivity index (χ1v) is 17.2. The Morgan fingerprint density at radius 3 is 1.42 bits per heavy atom. The number of anilines is 1. The van der Waals surface area contributed by atoms with Gasteiger partial charge in [-0.3, -0.25) is 29.0 Å². The molecule has 6 nitrogen and oxygen atoms in total. The molecule has 0 radical (unpaired) electrons. The molecule has 2 aromatic carbocycles. The van der Waals surface area contributed by atoms with Crippen LogP contribution in [0.4, 0.5) is 32.0 Å². The van der Waals surface area contributed by atoms with Crippen LogP contribution in [0.5, 0.6) is 0 Å². The van der Waals surface area contributed by atoms with E-state index in [1.807, 2.05) is 34.6 Å². The minimum absolute atomic E-state index is 0.349. The number of imide groups is 2. The van der Waals surface area contributed by atoms with Crippen LogP contribution in [0.15, 0.2) is 48.6 Å². The van der Waals surface area contributed by atoms with Crippen LogP contribution >= 0.6 is 0 Å². The van der Waals surface area contributed by atoms with Gasteiger partial charge in [0.2, 0.25) is 23.6 Å². The zero-order valence-electron chi connectivity index (χ0n) is 28.7. The molecule has 50 heavy (non-hydrogen) atoms. The molecule has 0 aromatic heterocycles. The van der Waals surface area contributed by atoms with Crippen molar-refractivity contribution in [2.45, 2.75) is 90.5 Å². The summed E-state index contributed by atoms with van der Waals surface area (Å²) in [4.78, 5) is 57.6. The molecule has 12 heteroatoms. The van der Waals surface area contributed by atoms with Gasteiger partial charge in [-0.15, -0.1) is 0 Å². The summed E-state index contributed by atoms with van der Waals surface area (Å²) in [5.41, 5.74) is -5.55. The van der Waals surface area contributed by atoms with E-state index in [1.54, 1.807) is 19.1 Å². The van der Waals surface area contributed by atoms with Gasteiger partial charge in [0, 0.05) is 17.4 Å². The summed E-state index contributed by atoms with van der Waals surface area (Å²) in [6.45, 7) is 11.0. The molecule has 2 bridgehead atoms. The van der Waals surface area contributed by atoms with E-state index in [-0.39, 0.29) is 0 Å². The van der Waals surface area contributed by atoms with Crippen molar-refractivity contribution in [3.05, 3.63) is 65.2 Å². The van der Waals surface area contributed by atoms with Gasteiger partial charge in [-0.25, -0.2) is 0 Å². The third-order valence-electron chi connectivity index (χ3n) is 12.5. The van der Waals surface area contributed by atoms with Crippen molar-refractivity contribution in [1.82, 2.24) is 4.90 Å². The molecular formula is C38H40F6N2O4. The Labute approximate surface area is 286 Å². The highest BCUT2D eigenvalue weighted by Gasteiger charge is 2.69. The summed E-state index contributed by atoms with van der Waals surface area (Å²) in [5, 5.41) is 0. The highest BCUT2D eigenvalue weighted by atomic mass is 19.4. The average molecular weight is 703 g/mol.